The zero-order valence-corrected chi connectivity index (χ0v) is 10.6. The van der Waals surface area contributed by atoms with E-state index < -0.39 is 0 Å². The van der Waals surface area contributed by atoms with Gasteiger partial charge in [-0.2, -0.15) is 4.98 Å². The molecular weight excluding hydrogens is 214 g/mol. The maximum atomic E-state index is 6.05. The fourth-order valence-electron chi connectivity index (χ4n) is 2.40. The number of hydrogen-bond donors (Lipinski definition) is 1. The van der Waals surface area contributed by atoms with Gasteiger partial charge in [-0.05, 0) is 25.3 Å². The van der Waals surface area contributed by atoms with Gasteiger partial charge in [0.15, 0.2) is 0 Å². The van der Waals surface area contributed by atoms with E-state index in [1.807, 2.05) is 25.1 Å². The molecule has 2 rings (SSSR count). The van der Waals surface area contributed by atoms with Crippen LogP contribution in [0.2, 0.25) is 0 Å². The summed E-state index contributed by atoms with van der Waals surface area (Å²) in [5.74, 6) is 2.28. The number of aromatic nitrogens is 1. The molecule has 1 aromatic heterocycles. The Hall–Kier alpha value is -1.29. The van der Waals surface area contributed by atoms with E-state index in [2.05, 4.69) is 16.8 Å². The van der Waals surface area contributed by atoms with Gasteiger partial charge in [-0.25, -0.2) is 0 Å². The molecule has 17 heavy (non-hydrogen) atoms. The first-order valence-electron chi connectivity index (χ1n) is 6.29. The van der Waals surface area contributed by atoms with Crippen molar-refractivity contribution in [2.45, 2.75) is 26.3 Å². The third-order valence-electron chi connectivity index (χ3n) is 3.02. The van der Waals surface area contributed by atoms with E-state index in [0.717, 1.165) is 25.3 Å². The van der Waals surface area contributed by atoms with E-state index >= 15 is 0 Å². The Kier molecular flexibility index (Phi) is 3.84. The second-order valence-corrected chi connectivity index (χ2v) is 4.77. The van der Waals surface area contributed by atoms with E-state index in [1.54, 1.807) is 0 Å². The zero-order chi connectivity index (χ0) is 12.3. The van der Waals surface area contributed by atoms with Crippen LogP contribution in [0.1, 0.15) is 20.3 Å². The predicted octanol–water partition coefficient (Wildman–Crippen LogP) is 1.65. The summed E-state index contributed by atoms with van der Waals surface area (Å²) in [6.07, 6.45) is 1.10. The van der Waals surface area contributed by atoms with Crippen molar-refractivity contribution in [1.29, 1.82) is 0 Å². The summed E-state index contributed by atoms with van der Waals surface area (Å²) in [5.41, 5.74) is 6.05. The largest absolute Gasteiger partial charge is 0.478 e. The van der Waals surface area contributed by atoms with Crippen molar-refractivity contribution < 1.29 is 4.74 Å². The Morgan fingerprint density at radius 3 is 3.00 bits per heavy atom. The minimum Gasteiger partial charge on any atom is -0.478 e. The molecule has 94 valence electrons. The molecule has 1 aliphatic rings. The Labute approximate surface area is 103 Å². The second-order valence-electron chi connectivity index (χ2n) is 4.77. The molecule has 1 saturated heterocycles. The van der Waals surface area contributed by atoms with Crippen molar-refractivity contribution in [2.75, 3.05) is 24.6 Å². The third-order valence-corrected chi connectivity index (χ3v) is 3.02. The highest BCUT2D eigenvalue weighted by atomic mass is 16.5. The third kappa shape index (κ3) is 3.09. The van der Waals surface area contributed by atoms with Crippen molar-refractivity contribution in [3.63, 3.8) is 0 Å². The quantitative estimate of drug-likeness (QED) is 0.865. The Balaban J connectivity index is 2.12. The van der Waals surface area contributed by atoms with Crippen LogP contribution in [0, 0.1) is 5.92 Å². The van der Waals surface area contributed by atoms with Crippen LogP contribution in [0.5, 0.6) is 5.88 Å². The highest BCUT2D eigenvalue weighted by Gasteiger charge is 2.23. The minimum atomic E-state index is 0.247. The molecule has 2 N–H and O–H groups in total. The van der Waals surface area contributed by atoms with Gasteiger partial charge in [0.25, 0.3) is 0 Å². The number of ether oxygens (including phenoxy) is 1. The van der Waals surface area contributed by atoms with Gasteiger partial charge in [0.2, 0.25) is 5.88 Å². The van der Waals surface area contributed by atoms with Gasteiger partial charge in [-0.15, -0.1) is 0 Å². The highest BCUT2D eigenvalue weighted by molar-refractivity contribution is 5.41. The van der Waals surface area contributed by atoms with Crippen molar-refractivity contribution in [2.24, 2.45) is 11.7 Å². The number of piperidine rings is 1. The second kappa shape index (κ2) is 5.36. The molecule has 0 radical (unpaired) electrons. The molecule has 0 aromatic carbocycles. The molecule has 4 nitrogen and oxygen atoms in total. The maximum Gasteiger partial charge on any atom is 0.215 e. The number of hydrogen-bond acceptors (Lipinski definition) is 4. The lowest BCUT2D eigenvalue weighted by atomic mass is 9.97. The summed E-state index contributed by atoms with van der Waals surface area (Å²) in [6, 6.07) is 6.14. The molecule has 1 aromatic rings. The van der Waals surface area contributed by atoms with Gasteiger partial charge in [0.1, 0.15) is 5.82 Å². The summed E-state index contributed by atoms with van der Waals surface area (Å²) in [7, 11) is 0. The van der Waals surface area contributed by atoms with Crippen LogP contribution < -0.4 is 15.4 Å². The number of anilines is 1. The highest BCUT2D eigenvalue weighted by Crippen LogP contribution is 2.22. The molecule has 1 aliphatic heterocycles. The van der Waals surface area contributed by atoms with Crippen LogP contribution in [0.4, 0.5) is 5.82 Å². The first kappa shape index (κ1) is 12.2. The summed E-state index contributed by atoms with van der Waals surface area (Å²) >= 11 is 0. The lowest BCUT2D eigenvalue weighted by Crippen LogP contribution is -2.46. The average molecular weight is 235 g/mol. The lowest BCUT2D eigenvalue weighted by molar-refractivity contribution is 0.326. The molecule has 0 spiro atoms. The van der Waals surface area contributed by atoms with Gasteiger partial charge < -0.3 is 15.4 Å². The number of pyridine rings is 1. The first-order chi connectivity index (χ1) is 8.19. The van der Waals surface area contributed by atoms with E-state index in [4.69, 9.17) is 10.5 Å². The summed E-state index contributed by atoms with van der Waals surface area (Å²) in [6.45, 7) is 6.75. The van der Waals surface area contributed by atoms with E-state index in [9.17, 15) is 0 Å². The van der Waals surface area contributed by atoms with Crippen LogP contribution in [0.25, 0.3) is 0 Å². The van der Waals surface area contributed by atoms with Gasteiger partial charge in [0.05, 0.1) is 6.61 Å². The van der Waals surface area contributed by atoms with Gasteiger partial charge >= 0.3 is 0 Å². The number of nitrogens with zero attached hydrogens (tertiary/aromatic N) is 2. The van der Waals surface area contributed by atoms with Crippen molar-refractivity contribution >= 4 is 5.82 Å². The number of rotatable bonds is 3. The van der Waals surface area contributed by atoms with Crippen LogP contribution in [-0.4, -0.2) is 30.7 Å². The molecule has 0 bridgehead atoms. The molecule has 0 saturated carbocycles. The Morgan fingerprint density at radius 1 is 1.47 bits per heavy atom. The zero-order valence-electron chi connectivity index (χ0n) is 10.6. The molecule has 1 fully saturated rings. The van der Waals surface area contributed by atoms with Crippen LogP contribution in [0.3, 0.4) is 0 Å². The van der Waals surface area contributed by atoms with Crippen LogP contribution in [0.15, 0.2) is 18.2 Å². The van der Waals surface area contributed by atoms with E-state index in [1.165, 1.54) is 0 Å². The van der Waals surface area contributed by atoms with Crippen LogP contribution >= 0.6 is 0 Å². The van der Waals surface area contributed by atoms with Gasteiger partial charge in [-0.1, -0.05) is 13.0 Å². The van der Waals surface area contributed by atoms with Crippen molar-refractivity contribution in [3.05, 3.63) is 18.2 Å². The smallest absolute Gasteiger partial charge is 0.215 e. The predicted molar refractivity (Wildman–Crippen MR) is 69.4 cm³/mol. The Bertz CT molecular complexity index is 359. The number of nitrogens with two attached hydrogens (primary N) is 1. The fourth-order valence-corrected chi connectivity index (χ4v) is 2.40. The fraction of sp³-hybridized carbons (Fsp3) is 0.615. The normalized spacial score (nSPS) is 24.8. The Morgan fingerprint density at radius 2 is 2.29 bits per heavy atom. The topological polar surface area (TPSA) is 51.4 Å². The SMILES string of the molecule is CCOc1cccc(N2CC(C)CC(N)C2)n1. The van der Waals surface area contributed by atoms with E-state index in [-0.39, 0.29) is 6.04 Å². The molecule has 2 heterocycles. The molecule has 2 atom stereocenters. The average Bonchev–Trinajstić information content (AvgIpc) is 2.28. The summed E-state index contributed by atoms with van der Waals surface area (Å²) in [4.78, 5) is 6.75. The molecule has 0 aliphatic carbocycles. The van der Waals surface area contributed by atoms with Crippen molar-refractivity contribution in [1.82, 2.24) is 4.98 Å². The molecule has 0 amide bonds. The van der Waals surface area contributed by atoms with Crippen LogP contribution in [-0.2, 0) is 0 Å². The molecule has 4 heteroatoms. The van der Waals surface area contributed by atoms with Gasteiger partial charge in [-0.3, -0.25) is 0 Å². The van der Waals surface area contributed by atoms with Gasteiger partial charge in [0, 0.05) is 25.2 Å². The summed E-state index contributed by atoms with van der Waals surface area (Å²) in [5, 5.41) is 0. The molecule has 2 unspecified atom stereocenters. The first-order valence-corrected chi connectivity index (χ1v) is 6.29. The summed E-state index contributed by atoms with van der Waals surface area (Å²) < 4.78 is 5.42. The maximum absolute atomic E-state index is 6.05. The monoisotopic (exact) mass is 235 g/mol. The van der Waals surface area contributed by atoms with E-state index in [0.29, 0.717) is 18.4 Å². The minimum absolute atomic E-state index is 0.247. The standard InChI is InChI=1S/C13H21N3O/c1-3-17-13-6-4-5-12(15-13)16-8-10(2)7-11(14)9-16/h4-6,10-11H,3,7-9,14H2,1-2H3. The van der Waals surface area contributed by atoms with Crippen molar-refractivity contribution in [3.8, 4) is 5.88 Å². The molecular formula is C13H21N3O. The lowest BCUT2D eigenvalue weighted by Gasteiger charge is -2.35.